The van der Waals surface area contributed by atoms with E-state index in [9.17, 15) is 18.0 Å². The van der Waals surface area contributed by atoms with Gasteiger partial charge >= 0.3 is 0 Å². The van der Waals surface area contributed by atoms with E-state index in [1.165, 1.54) is 22.9 Å². The number of nitrogens with zero attached hydrogens (tertiary/aromatic N) is 2. The molecule has 31 heavy (non-hydrogen) atoms. The average molecular weight is 448 g/mol. The molecule has 1 aromatic heterocycles. The molecular weight excluding hydrogens is 418 g/mol. The molecule has 9 heteroatoms. The standard InChI is InChI=1S/C22H29N3O5S/c1-16(23-20(26)17-9-14-30-15-17)21(27)24-10-12-25(13-11-24)31(28,29)19-7-5-18(6-8-19)22(2,3)4/h5-9,14-16H,10-13H2,1-4H3,(H,23,26). The number of furan rings is 1. The zero-order chi connectivity index (χ0) is 22.8. The predicted molar refractivity (Wildman–Crippen MR) is 116 cm³/mol. The van der Waals surface area contributed by atoms with E-state index in [1.54, 1.807) is 24.0 Å². The van der Waals surface area contributed by atoms with Gasteiger partial charge < -0.3 is 14.6 Å². The Labute approximate surface area is 183 Å². The summed E-state index contributed by atoms with van der Waals surface area (Å²) in [4.78, 5) is 26.6. The lowest BCUT2D eigenvalue weighted by Crippen LogP contribution is -2.55. The van der Waals surface area contributed by atoms with Gasteiger partial charge in [-0.3, -0.25) is 9.59 Å². The van der Waals surface area contributed by atoms with Gasteiger partial charge in [0.15, 0.2) is 0 Å². The van der Waals surface area contributed by atoms with E-state index in [-0.39, 0.29) is 42.4 Å². The van der Waals surface area contributed by atoms with Gasteiger partial charge in [0, 0.05) is 26.2 Å². The van der Waals surface area contributed by atoms with E-state index in [0.29, 0.717) is 5.56 Å². The first-order chi connectivity index (χ1) is 14.5. The van der Waals surface area contributed by atoms with Crippen LogP contribution in [-0.2, 0) is 20.2 Å². The molecule has 1 aliphatic heterocycles. The topological polar surface area (TPSA) is 99.9 Å². The van der Waals surface area contributed by atoms with Crippen molar-refractivity contribution in [1.29, 1.82) is 0 Å². The summed E-state index contributed by atoms with van der Waals surface area (Å²) in [6.07, 6.45) is 2.70. The Hall–Kier alpha value is -2.65. The molecule has 2 aromatic rings. The van der Waals surface area contributed by atoms with Crippen LogP contribution in [0.25, 0.3) is 0 Å². The van der Waals surface area contributed by atoms with E-state index < -0.39 is 22.0 Å². The molecule has 1 atom stereocenters. The van der Waals surface area contributed by atoms with Crippen molar-refractivity contribution in [2.24, 2.45) is 0 Å². The molecule has 1 fully saturated rings. The Bertz CT molecular complexity index is 1020. The highest BCUT2D eigenvalue weighted by Crippen LogP contribution is 2.25. The van der Waals surface area contributed by atoms with Crippen molar-refractivity contribution in [3.05, 3.63) is 54.0 Å². The van der Waals surface area contributed by atoms with E-state index in [2.05, 4.69) is 26.1 Å². The second-order valence-corrected chi connectivity index (χ2v) is 10.6. The van der Waals surface area contributed by atoms with Gasteiger partial charge in [0.25, 0.3) is 5.91 Å². The van der Waals surface area contributed by atoms with Crippen LogP contribution < -0.4 is 5.32 Å². The largest absolute Gasteiger partial charge is 0.472 e. The monoisotopic (exact) mass is 447 g/mol. The van der Waals surface area contributed by atoms with Crippen LogP contribution in [0.5, 0.6) is 0 Å². The fourth-order valence-corrected chi connectivity index (χ4v) is 4.86. The zero-order valence-corrected chi connectivity index (χ0v) is 19.1. The maximum absolute atomic E-state index is 13.0. The van der Waals surface area contributed by atoms with Crippen LogP contribution in [0.15, 0.2) is 52.2 Å². The number of nitrogens with one attached hydrogen (secondary N) is 1. The van der Waals surface area contributed by atoms with Gasteiger partial charge in [0.05, 0.1) is 16.7 Å². The van der Waals surface area contributed by atoms with E-state index in [1.807, 2.05) is 12.1 Å². The third-order valence-electron chi connectivity index (χ3n) is 5.41. The number of rotatable bonds is 5. The second-order valence-electron chi connectivity index (χ2n) is 8.71. The minimum atomic E-state index is -3.63. The zero-order valence-electron chi connectivity index (χ0n) is 18.3. The van der Waals surface area contributed by atoms with Crippen molar-refractivity contribution in [2.45, 2.75) is 44.0 Å². The third-order valence-corrected chi connectivity index (χ3v) is 7.32. The Morgan fingerprint density at radius 2 is 1.65 bits per heavy atom. The lowest BCUT2D eigenvalue weighted by Gasteiger charge is -2.35. The number of piperazine rings is 1. The maximum atomic E-state index is 13.0. The molecule has 1 saturated heterocycles. The SMILES string of the molecule is CC(NC(=O)c1ccoc1)C(=O)N1CCN(S(=O)(=O)c2ccc(C(C)(C)C)cc2)CC1. The first kappa shape index (κ1) is 23.0. The molecule has 1 N–H and O–H groups in total. The third kappa shape index (κ3) is 5.16. The molecule has 2 amide bonds. The molecule has 1 aliphatic rings. The van der Waals surface area contributed by atoms with Gasteiger partial charge in [0.2, 0.25) is 15.9 Å². The van der Waals surface area contributed by atoms with Gasteiger partial charge in [-0.1, -0.05) is 32.9 Å². The van der Waals surface area contributed by atoms with E-state index >= 15 is 0 Å². The number of sulfonamides is 1. The molecule has 168 valence electrons. The van der Waals surface area contributed by atoms with Gasteiger partial charge in [-0.05, 0) is 36.1 Å². The number of hydrogen-bond donors (Lipinski definition) is 1. The molecule has 0 bridgehead atoms. The van der Waals surface area contributed by atoms with Crippen LogP contribution in [-0.4, -0.2) is 61.7 Å². The number of benzene rings is 1. The molecule has 1 unspecified atom stereocenters. The van der Waals surface area contributed by atoms with Crippen molar-refractivity contribution in [1.82, 2.24) is 14.5 Å². The number of carbonyl (C=O) groups is 2. The number of carbonyl (C=O) groups excluding carboxylic acids is 2. The van der Waals surface area contributed by atoms with Crippen molar-refractivity contribution in [3.8, 4) is 0 Å². The van der Waals surface area contributed by atoms with Gasteiger partial charge in [-0.15, -0.1) is 0 Å². The summed E-state index contributed by atoms with van der Waals surface area (Å²) in [5.41, 5.74) is 1.35. The average Bonchev–Trinajstić information content (AvgIpc) is 3.28. The Morgan fingerprint density at radius 1 is 1.03 bits per heavy atom. The summed E-state index contributed by atoms with van der Waals surface area (Å²) in [5, 5.41) is 2.64. The van der Waals surface area contributed by atoms with Gasteiger partial charge in [-0.2, -0.15) is 4.31 Å². The van der Waals surface area contributed by atoms with E-state index in [0.717, 1.165) is 5.56 Å². The highest BCUT2D eigenvalue weighted by Gasteiger charge is 2.32. The molecule has 2 heterocycles. The summed E-state index contributed by atoms with van der Waals surface area (Å²) in [7, 11) is -3.63. The minimum absolute atomic E-state index is 0.0575. The summed E-state index contributed by atoms with van der Waals surface area (Å²) in [6, 6.07) is 7.76. The summed E-state index contributed by atoms with van der Waals surface area (Å²) in [5.74, 6) is -0.641. The highest BCUT2D eigenvalue weighted by atomic mass is 32.2. The first-order valence-electron chi connectivity index (χ1n) is 10.2. The molecule has 0 aliphatic carbocycles. The van der Waals surface area contributed by atoms with Crippen molar-refractivity contribution >= 4 is 21.8 Å². The van der Waals surface area contributed by atoms with E-state index in [4.69, 9.17) is 4.42 Å². The van der Waals surface area contributed by atoms with Gasteiger partial charge in [0.1, 0.15) is 12.3 Å². The summed E-state index contributed by atoms with van der Waals surface area (Å²) in [6.45, 7) is 8.78. The maximum Gasteiger partial charge on any atom is 0.255 e. The predicted octanol–water partition coefficient (Wildman–Crippen LogP) is 2.23. The Morgan fingerprint density at radius 3 is 2.16 bits per heavy atom. The fourth-order valence-electron chi connectivity index (χ4n) is 3.43. The molecule has 0 saturated carbocycles. The second kappa shape index (κ2) is 8.84. The molecule has 8 nitrogen and oxygen atoms in total. The van der Waals surface area contributed by atoms with Crippen LogP contribution in [0.1, 0.15) is 43.6 Å². The number of hydrogen-bond acceptors (Lipinski definition) is 5. The lowest BCUT2D eigenvalue weighted by atomic mass is 9.87. The van der Waals surface area contributed by atoms with Crippen LogP contribution in [0.2, 0.25) is 0 Å². The molecular formula is C22H29N3O5S. The van der Waals surface area contributed by atoms with Crippen LogP contribution in [0, 0.1) is 0 Å². The Kier molecular flexibility index (Phi) is 6.56. The quantitative estimate of drug-likeness (QED) is 0.758. The van der Waals surface area contributed by atoms with Crippen molar-refractivity contribution in [3.63, 3.8) is 0 Å². The van der Waals surface area contributed by atoms with Crippen molar-refractivity contribution < 1.29 is 22.4 Å². The first-order valence-corrected chi connectivity index (χ1v) is 11.7. The highest BCUT2D eigenvalue weighted by molar-refractivity contribution is 7.89. The van der Waals surface area contributed by atoms with Crippen LogP contribution in [0.3, 0.4) is 0 Å². The summed E-state index contributed by atoms with van der Waals surface area (Å²) >= 11 is 0. The normalized spacial score (nSPS) is 16.7. The van der Waals surface area contributed by atoms with Crippen LogP contribution >= 0.6 is 0 Å². The molecule has 3 rings (SSSR count). The fraction of sp³-hybridized carbons (Fsp3) is 0.455. The smallest absolute Gasteiger partial charge is 0.255 e. The van der Waals surface area contributed by atoms with Crippen molar-refractivity contribution in [2.75, 3.05) is 26.2 Å². The lowest BCUT2D eigenvalue weighted by molar-refractivity contribution is -0.134. The Balaban J connectivity index is 1.59. The molecule has 0 spiro atoms. The molecule has 1 aromatic carbocycles. The number of amides is 2. The van der Waals surface area contributed by atoms with Gasteiger partial charge in [-0.25, -0.2) is 8.42 Å². The minimum Gasteiger partial charge on any atom is -0.472 e. The van der Waals surface area contributed by atoms with Crippen LogP contribution in [0.4, 0.5) is 0 Å². The molecule has 0 radical (unpaired) electrons. The summed E-state index contributed by atoms with van der Waals surface area (Å²) < 4.78 is 32.3.